The van der Waals surface area contributed by atoms with Crippen molar-refractivity contribution in [2.45, 2.75) is 49.1 Å². The standard InChI is InChI=1S/C10H16N4O2S/c1-16-9(15)7-14-10(11-12-13-14)17-8-5-3-2-4-6-8/h8H,2-7H2,1H3. The Balaban J connectivity index is 1.95. The average molecular weight is 256 g/mol. The molecule has 1 aliphatic rings. The van der Waals surface area contributed by atoms with Crippen LogP contribution in [0.15, 0.2) is 5.16 Å². The number of hydrogen-bond donors (Lipinski definition) is 0. The fraction of sp³-hybridized carbons (Fsp3) is 0.800. The summed E-state index contributed by atoms with van der Waals surface area (Å²) in [4.78, 5) is 11.2. The number of rotatable bonds is 4. The average Bonchev–Trinajstić information content (AvgIpc) is 2.78. The predicted octanol–water partition coefficient (Wildman–Crippen LogP) is 1.27. The maximum atomic E-state index is 11.2. The SMILES string of the molecule is COC(=O)Cn1nnnc1SC1CCCCC1. The van der Waals surface area contributed by atoms with E-state index in [1.54, 1.807) is 11.8 Å². The molecule has 17 heavy (non-hydrogen) atoms. The van der Waals surface area contributed by atoms with Gasteiger partial charge >= 0.3 is 5.97 Å². The summed E-state index contributed by atoms with van der Waals surface area (Å²) in [5.41, 5.74) is 0. The van der Waals surface area contributed by atoms with E-state index in [0.29, 0.717) is 10.4 Å². The minimum Gasteiger partial charge on any atom is -0.468 e. The Morgan fingerprint density at radius 3 is 2.94 bits per heavy atom. The largest absolute Gasteiger partial charge is 0.468 e. The quantitative estimate of drug-likeness (QED) is 0.756. The summed E-state index contributed by atoms with van der Waals surface area (Å²) < 4.78 is 6.11. The van der Waals surface area contributed by atoms with Crippen molar-refractivity contribution >= 4 is 17.7 Å². The summed E-state index contributed by atoms with van der Waals surface area (Å²) >= 11 is 1.67. The number of aromatic nitrogens is 4. The smallest absolute Gasteiger partial charge is 0.327 e. The van der Waals surface area contributed by atoms with E-state index in [2.05, 4.69) is 20.3 Å². The van der Waals surface area contributed by atoms with Gasteiger partial charge in [-0.3, -0.25) is 4.79 Å². The Morgan fingerprint density at radius 2 is 2.24 bits per heavy atom. The van der Waals surface area contributed by atoms with E-state index in [1.807, 2.05) is 0 Å². The highest BCUT2D eigenvalue weighted by Crippen LogP contribution is 2.32. The van der Waals surface area contributed by atoms with Gasteiger partial charge in [0.05, 0.1) is 7.11 Å². The van der Waals surface area contributed by atoms with Crippen LogP contribution in [0.1, 0.15) is 32.1 Å². The van der Waals surface area contributed by atoms with Crippen molar-refractivity contribution in [3.8, 4) is 0 Å². The van der Waals surface area contributed by atoms with Crippen molar-refractivity contribution in [3.05, 3.63) is 0 Å². The molecule has 0 radical (unpaired) electrons. The number of methoxy groups -OCH3 is 1. The molecule has 0 bridgehead atoms. The number of nitrogens with zero attached hydrogens (tertiary/aromatic N) is 4. The molecule has 0 spiro atoms. The van der Waals surface area contributed by atoms with Gasteiger partial charge in [-0.2, -0.15) is 0 Å². The molecule has 0 unspecified atom stereocenters. The fourth-order valence-electron chi connectivity index (χ4n) is 1.90. The summed E-state index contributed by atoms with van der Waals surface area (Å²) in [6.07, 6.45) is 6.28. The molecule has 1 aromatic rings. The van der Waals surface area contributed by atoms with E-state index < -0.39 is 0 Å². The lowest BCUT2D eigenvalue weighted by molar-refractivity contribution is -0.141. The zero-order chi connectivity index (χ0) is 12.1. The Morgan fingerprint density at radius 1 is 1.47 bits per heavy atom. The summed E-state index contributed by atoms with van der Waals surface area (Å²) in [6.45, 7) is 0.0819. The zero-order valence-corrected chi connectivity index (χ0v) is 10.7. The highest BCUT2D eigenvalue weighted by molar-refractivity contribution is 7.99. The van der Waals surface area contributed by atoms with Gasteiger partial charge in [-0.05, 0) is 23.3 Å². The lowest BCUT2D eigenvalue weighted by atomic mass is 10.0. The molecule has 0 aliphatic heterocycles. The first-order chi connectivity index (χ1) is 8.29. The molecule has 1 fully saturated rings. The molecule has 0 amide bonds. The van der Waals surface area contributed by atoms with Crippen LogP contribution in [0.2, 0.25) is 0 Å². The summed E-state index contributed by atoms with van der Waals surface area (Å²) in [5.74, 6) is -0.331. The second-order valence-corrected chi connectivity index (χ2v) is 5.34. The number of hydrogen-bond acceptors (Lipinski definition) is 6. The molecule has 1 heterocycles. The van der Waals surface area contributed by atoms with E-state index in [4.69, 9.17) is 0 Å². The molecular weight excluding hydrogens is 240 g/mol. The molecular formula is C10H16N4O2S. The molecule has 0 N–H and O–H groups in total. The predicted molar refractivity (Wildman–Crippen MR) is 62.6 cm³/mol. The molecule has 1 saturated carbocycles. The van der Waals surface area contributed by atoms with Crippen LogP contribution in [0.5, 0.6) is 0 Å². The second-order valence-electron chi connectivity index (χ2n) is 4.07. The first kappa shape index (κ1) is 12.3. The molecule has 6 nitrogen and oxygen atoms in total. The number of carbonyl (C=O) groups excluding carboxylic acids is 1. The minimum absolute atomic E-state index is 0.0819. The summed E-state index contributed by atoms with van der Waals surface area (Å²) in [5, 5.41) is 12.7. The van der Waals surface area contributed by atoms with Gasteiger partial charge in [0, 0.05) is 5.25 Å². The zero-order valence-electron chi connectivity index (χ0n) is 9.83. The van der Waals surface area contributed by atoms with Gasteiger partial charge in [-0.25, -0.2) is 4.68 Å². The van der Waals surface area contributed by atoms with Crippen LogP contribution in [0.25, 0.3) is 0 Å². The number of ether oxygens (including phenoxy) is 1. The van der Waals surface area contributed by atoms with Crippen molar-refractivity contribution in [2.24, 2.45) is 0 Å². The molecule has 1 aliphatic carbocycles. The van der Waals surface area contributed by atoms with Crippen LogP contribution < -0.4 is 0 Å². The minimum atomic E-state index is -0.331. The monoisotopic (exact) mass is 256 g/mol. The summed E-state index contributed by atoms with van der Waals surface area (Å²) in [7, 11) is 1.36. The van der Waals surface area contributed by atoms with Gasteiger partial charge in [0.25, 0.3) is 0 Å². The molecule has 0 saturated heterocycles. The van der Waals surface area contributed by atoms with Gasteiger partial charge in [0.15, 0.2) is 0 Å². The molecule has 1 aromatic heterocycles. The van der Waals surface area contributed by atoms with Crippen LogP contribution in [0, 0.1) is 0 Å². The third-order valence-corrected chi connectivity index (χ3v) is 4.14. The number of thioether (sulfide) groups is 1. The van der Waals surface area contributed by atoms with Crippen molar-refractivity contribution in [1.82, 2.24) is 20.2 Å². The second kappa shape index (κ2) is 6.00. The van der Waals surface area contributed by atoms with Gasteiger partial charge < -0.3 is 4.74 Å². The van der Waals surface area contributed by atoms with Crippen LogP contribution in [-0.2, 0) is 16.1 Å². The highest BCUT2D eigenvalue weighted by Gasteiger charge is 2.19. The molecule has 0 aromatic carbocycles. The lowest BCUT2D eigenvalue weighted by Crippen LogP contribution is -2.15. The number of tetrazole rings is 1. The van der Waals surface area contributed by atoms with Gasteiger partial charge in [-0.15, -0.1) is 5.10 Å². The lowest BCUT2D eigenvalue weighted by Gasteiger charge is -2.19. The third kappa shape index (κ3) is 3.42. The maximum Gasteiger partial charge on any atom is 0.327 e. The third-order valence-electron chi connectivity index (χ3n) is 2.83. The van der Waals surface area contributed by atoms with E-state index >= 15 is 0 Å². The normalized spacial score (nSPS) is 17.0. The van der Waals surface area contributed by atoms with Gasteiger partial charge in [-0.1, -0.05) is 31.0 Å². The summed E-state index contributed by atoms with van der Waals surface area (Å²) in [6, 6.07) is 0. The van der Waals surface area contributed by atoms with Crippen molar-refractivity contribution in [1.29, 1.82) is 0 Å². The van der Waals surface area contributed by atoms with Gasteiger partial charge in [0.1, 0.15) is 6.54 Å². The maximum absolute atomic E-state index is 11.2. The van der Waals surface area contributed by atoms with Crippen LogP contribution in [0.4, 0.5) is 0 Å². The van der Waals surface area contributed by atoms with Crippen molar-refractivity contribution in [3.63, 3.8) is 0 Å². The molecule has 0 atom stereocenters. The fourth-order valence-corrected chi connectivity index (χ4v) is 3.07. The molecule has 2 rings (SSSR count). The number of carbonyl (C=O) groups is 1. The topological polar surface area (TPSA) is 69.9 Å². The number of esters is 1. The first-order valence-electron chi connectivity index (χ1n) is 5.79. The van der Waals surface area contributed by atoms with Crippen LogP contribution in [0.3, 0.4) is 0 Å². The van der Waals surface area contributed by atoms with E-state index in [-0.39, 0.29) is 12.5 Å². The van der Waals surface area contributed by atoms with Crippen molar-refractivity contribution in [2.75, 3.05) is 7.11 Å². The van der Waals surface area contributed by atoms with Gasteiger partial charge in [0.2, 0.25) is 5.16 Å². The first-order valence-corrected chi connectivity index (χ1v) is 6.67. The highest BCUT2D eigenvalue weighted by atomic mass is 32.2. The van der Waals surface area contributed by atoms with Crippen molar-refractivity contribution < 1.29 is 9.53 Å². The van der Waals surface area contributed by atoms with E-state index in [0.717, 1.165) is 0 Å². The van der Waals surface area contributed by atoms with E-state index in [1.165, 1.54) is 43.9 Å². The van der Waals surface area contributed by atoms with E-state index in [9.17, 15) is 4.79 Å². The molecule has 7 heteroatoms. The Kier molecular flexibility index (Phi) is 4.36. The Bertz CT molecular complexity index is 376. The van der Waals surface area contributed by atoms with Crippen LogP contribution in [-0.4, -0.2) is 38.5 Å². The van der Waals surface area contributed by atoms with Crippen LogP contribution >= 0.6 is 11.8 Å². The Labute approximate surface area is 104 Å². The molecule has 94 valence electrons. The Hall–Kier alpha value is -1.11.